The highest BCUT2D eigenvalue weighted by molar-refractivity contribution is 5.84. The van der Waals surface area contributed by atoms with Crippen LogP contribution in [0.5, 0.6) is 5.75 Å². The number of rotatable bonds is 1. The van der Waals surface area contributed by atoms with Gasteiger partial charge in [0.1, 0.15) is 11.3 Å². The molecule has 2 aromatic rings. The maximum atomic E-state index is 9.57. The first kappa shape index (κ1) is 8.97. The summed E-state index contributed by atoms with van der Waals surface area (Å²) in [6.07, 6.45) is 0. The van der Waals surface area contributed by atoms with E-state index in [1.807, 2.05) is 25.1 Å². The van der Waals surface area contributed by atoms with Gasteiger partial charge in [-0.15, -0.1) is 0 Å². The van der Waals surface area contributed by atoms with Crippen molar-refractivity contribution in [1.29, 1.82) is 0 Å². The average molecular weight is 188 g/mol. The van der Waals surface area contributed by atoms with Crippen LogP contribution in [0.1, 0.15) is 18.7 Å². The third-order valence-corrected chi connectivity index (χ3v) is 2.19. The molecule has 1 aromatic heterocycles. The lowest BCUT2D eigenvalue weighted by Gasteiger charge is -2.06. The molecule has 1 heterocycles. The predicted molar refractivity (Wildman–Crippen MR) is 56.0 cm³/mol. The summed E-state index contributed by atoms with van der Waals surface area (Å²) in [6, 6.07) is 9.02. The number of aromatic nitrogens is 1. The van der Waals surface area contributed by atoms with Gasteiger partial charge < -0.3 is 10.8 Å². The Hall–Kier alpha value is -1.61. The van der Waals surface area contributed by atoms with E-state index in [1.165, 1.54) is 0 Å². The SMILES string of the molecule is CC(N)c1ccc2cccc(O)c2n1. The Labute approximate surface area is 82.2 Å². The molecular formula is C11H12N2O. The number of hydrogen-bond donors (Lipinski definition) is 2. The summed E-state index contributed by atoms with van der Waals surface area (Å²) in [5.74, 6) is 0.199. The van der Waals surface area contributed by atoms with Crippen molar-refractivity contribution in [2.24, 2.45) is 5.73 Å². The molecule has 1 atom stereocenters. The van der Waals surface area contributed by atoms with Gasteiger partial charge in [-0.05, 0) is 19.1 Å². The highest BCUT2D eigenvalue weighted by Gasteiger charge is 2.04. The molecule has 1 aromatic carbocycles. The van der Waals surface area contributed by atoms with Gasteiger partial charge in [0, 0.05) is 11.4 Å². The molecule has 0 saturated heterocycles. The molecule has 0 radical (unpaired) electrons. The van der Waals surface area contributed by atoms with Crippen molar-refractivity contribution >= 4 is 10.9 Å². The van der Waals surface area contributed by atoms with E-state index in [1.54, 1.807) is 12.1 Å². The van der Waals surface area contributed by atoms with Crippen LogP contribution in [0, 0.1) is 0 Å². The first-order chi connectivity index (χ1) is 6.68. The minimum Gasteiger partial charge on any atom is -0.506 e. The van der Waals surface area contributed by atoms with E-state index < -0.39 is 0 Å². The van der Waals surface area contributed by atoms with Gasteiger partial charge in [-0.25, -0.2) is 4.98 Å². The summed E-state index contributed by atoms with van der Waals surface area (Å²) in [7, 11) is 0. The molecule has 1 unspecified atom stereocenters. The normalized spacial score (nSPS) is 13.0. The van der Waals surface area contributed by atoms with E-state index in [9.17, 15) is 5.11 Å². The van der Waals surface area contributed by atoms with E-state index in [2.05, 4.69) is 4.98 Å². The molecule has 0 aliphatic rings. The van der Waals surface area contributed by atoms with Crippen molar-refractivity contribution in [2.75, 3.05) is 0 Å². The Balaban J connectivity index is 2.70. The van der Waals surface area contributed by atoms with Gasteiger partial charge in [0.25, 0.3) is 0 Å². The second-order valence-corrected chi connectivity index (χ2v) is 3.37. The molecule has 0 aliphatic heterocycles. The molecule has 14 heavy (non-hydrogen) atoms. The quantitative estimate of drug-likeness (QED) is 0.719. The third-order valence-electron chi connectivity index (χ3n) is 2.19. The Bertz CT molecular complexity index is 466. The van der Waals surface area contributed by atoms with Gasteiger partial charge in [-0.1, -0.05) is 18.2 Å². The van der Waals surface area contributed by atoms with Crippen LogP contribution in [0.25, 0.3) is 10.9 Å². The van der Waals surface area contributed by atoms with Crippen LogP contribution in [0.15, 0.2) is 30.3 Å². The van der Waals surface area contributed by atoms with E-state index >= 15 is 0 Å². The second-order valence-electron chi connectivity index (χ2n) is 3.37. The average Bonchev–Trinajstić information content (AvgIpc) is 2.18. The minimum atomic E-state index is -0.112. The van der Waals surface area contributed by atoms with Crippen LogP contribution < -0.4 is 5.73 Å². The van der Waals surface area contributed by atoms with Crippen LogP contribution in [0.2, 0.25) is 0 Å². The fraction of sp³-hybridized carbons (Fsp3) is 0.182. The molecule has 3 nitrogen and oxygen atoms in total. The van der Waals surface area contributed by atoms with E-state index in [0.29, 0.717) is 5.52 Å². The molecule has 0 amide bonds. The molecular weight excluding hydrogens is 176 g/mol. The Morgan fingerprint density at radius 1 is 1.29 bits per heavy atom. The Morgan fingerprint density at radius 2 is 2.07 bits per heavy atom. The monoisotopic (exact) mass is 188 g/mol. The largest absolute Gasteiger partial charge is 0.506 e. The molecule has 0 bridgehead atoms. The number of pyridine rings is 1. The van der Waals surface area contributed by atoms with Crippen LogP contribution in [-0.2, 0) is 0 Å². The van der Waals surface area contributed by atoms with Gasteiger partial charge in [-0.3, -0.25) is 0 Å². The first-order valence-electron chi connectivity index (χ1n) is 4.52. The Kier molecular flexibility index (Phi) is 2.09. The number of phenols is 1. The summed E-state index contributed by atoms with van der Waals surface area (Å²) in [5.41, 5.74) is 7.11. The number of phenolic OH excluding ortho intramolecular Hbond substituents is 1. The zero-order valence-electron chi connectivity index (χ0n) is 7.94. The maximum Gasteiger partial charge on any atom is 0.141 e. The molecule has 0 fully saturated rings. The van der Waals surface area contributed by atoms with Crippen molar-refractivity contribution in [3.63, 3.8) is 0 Å². The fourth-order valence-electron chi connectivity index (χ4n) is 1.40. The number of nitrogens with two attached hydrogens (primary N) is 1. The number of fused-ring (bicyclic) bond motifs is 1. The van der Waals surface area contributed by atoms with E-state index in [-0.39, 0.29) is 11.8 Å². The highest BCUT2D eigenvalue weighted by Crippen LogP contribution is 2.23. The predicted octanol–water partition coefficient (Wildman–Crippen LogP) is 1.96. The van der Waals surface area contributed by atoms with Crippen LogP contribution in [-0.4, -0.2) is 10.1 Å². The lowest BCUT2D eigenvalue weighted by atomic mass is 10.1. The molecule has 0 aliphatic carbocycles. The summed E-state index contributed by atoms with van der Waals surface area (Å²) in [6.45, 7) is 1.87. The third kappa shape index (κ3) is 1.42. The van der Waals surface area contributed by atoms with E-state index in [4.69, 9.17) is 5.73 Å². The van der Waals surface area contributed by atoms with Gasteiger partial charge in [0.15, 0.2) is 0 Å². The molecule has 72 valence electrons. The van der Waals surface area contributed by atoms with Gasteiger partial charge in [0.05, 0.1) is 5.69 Å². The van der Waals surface area contributed by atoms with Crippen molar-refractivity contribution in [1.82, 2.24) is 4.98 Å². The summed E-state index contributed by atoms with van der Waals surface area (Å²) in [4.78, 5) is 4.30. The number of nitrogens with zero attached hydrogens (tertiary/aromatic N) is 1. The molecule has 3 heteroatoms. The lowest BCUT2D eigenvalue weighted by Crippen LogP contribution is -2.06. The minimum absolute atomic E-state index is 0.112. The van der Waals surface area contributed by atoms with Crippen molar-refractivity contribution < 1.29 is 5.11 Å². The zero-order valence-corrected chi connectivity index (χ0v) is 7.94. The molecule has 3 N–H and O–H groups in total. The number of hydrogen-bond acceptors (Lipinski definition) is 3. The highest BCUT2D eigenvalue weighted by atomic mass is 16.3. The molecule has 2 rings (SSSR count). The maximum absolute atomic E-state index is 9.57. The van der Waals surface area contributed by atoms with Gasteiger partial charge in [-0.2, -0.15) is 0 Å². The summed E-state index contributed by atoms with van der Waals surface area (Å²) < 4.78 is 0. The second kappa shape index (κ2) is 3.27. The number of benzene rings is 1. The topological polar surface area (TPSA) is 59.1 Å². The van der Waals surface area contributed by atoms with Crippen molar-refractivity contribution in [2.45, 2.75) is 13.0 Å². The molecule has 0 spiro atoms. The number of aromatic hydroxyl groups is 1. The van der Waals surface area contributed by atoms with Crippen LogP contribution in [0.4, 0.5) is 0 Å². The number of para-hydroxylation sites is 1. The standard InChI is InChI=1S/C11H12N2O/c1-7(12)9-6-5-8-3-2-4-10(14)11(8)13-9/h2-7,14H,12H2,1H3. The lowest BCUT2D eigenvalue weighted by molar-refractivity contribution is 0.480. The molecule has 0 saturated carbocycles. The summed E-state index contributed by atoms with van der Waals surface area (Å²) >= 11 is 0. The summed E-state index contributed by atoms with van der Waals surface area (Å²) in [5, 5.41) is 10.5. The van der Waals surface area contributed by atoms with Gasteiger partial charge >= 0.3 is 0 Å². The Morgan fingerprint density at radius 3 is 2.79 bits per heavy atom. The van der Waals surface area contributed by atoms with Gasteiger partial charge in [0.2, 0.25) is 0 Å². The van der Waals surface area contributed by atoms with Crippen molar-refractivity contribution in [3.8, 4) is 5.75 Å². The van der Waals surface area contributed by atoms with Crippen LogP contribution in [0.3, 0.4) is 0 Å². The zero-order chi connectivity index (χ0) is 10.1. The van der Waals surface area contributed by atoms with E-state index in [0.717, 1.165) is 11.1 Å². The smallest absolute Gasteiger partial charge is 0.141 e. The first-order valence-corrected chi connectivity index (χ1v) is 4.52. The van der Waals surface area contributed by atoms with Crippen LogP contribution >= 0.6 is 0 Å². The fourth-order valence-corrected chi connectivity index (χ4v) is 1.40. The van der Waals surface area contributed by atoms with Crippen molar-refractivity contribution in [3.05, 3.63) is 36.0 Å².